The van der Waals surface area contributed by atoms with Crippen LogP contribution in [0, 0.1) is 0 Å². The second-order valence-corrected chi connectivity index (χ2v) is 3.10. The third kappa shape index (κ3) is 2.51. The van der Waals surface area contributed by atoms with Crippen LogP contribution in [0.2, 0.25) is 0 Å². The molecule has 4 nitrogen and oxygen atoms in total. The maximum absolute atomic E-state index is 10.5. The Hall–Kier alpha value is -0.550. The second-order valence-electron chi connectivity index (χ2n) is 1.70. The van der Waals surface area contributed by atoms with Gasteiger partial charge in [-0.15, -0.1) is 11.6 Å². The Bertz CT molecular complexity index is 263. The van der Waals surface area contributed by atoms with Crippen LogP contribution in [0.5, 0.6) is 0 Å². The minimum Gasteiger partial charge on any atom is -0.327 e. The molecule has 0 saturated carbocycles. The van der Waals surface area contributed by atoms with Gasteiger partial charge < -0.3 is 4.52 Å². The van der Waals surface area contributed by atoms with Crippen molar-refractivity contribution in [2.24, 2.45) is 0 Å². The second kappa shape index (κ2) is 3.73. The molecular weight excluding hydrogens is 188 g/mol. The lowest BCUT2D eigenvalue weighted by atomic mass is 10.7. The monoisotopic (exact) mass is 192 g/mol. The Kier molecular flexibility index (Phi) is 2.90. The van der Waals surface area contributed by atoms with Gasteiger partial charge in [0.2, 0.25) is 0 Å². The van der Waals surface area contributed by atoms with Gasteiger partial charge in [-0.25, -0.2) is 0 Å². The molecule has 0 radical (unpaired) electrons. The van der Waals surface area contributed by atoms with Gasteiger partial charge >= 0.3 is 0 Å². The third-order valence-electron chi connectivity index (χ3n) is 0.800. The largest absolute Gasteiger partial charge is 0.327 e. The molecule has 0 aliphatic rings. The molecule has 0 amide bonds. The Labute approximate surface area is 72.3 Å². The third-order valence-corrected chi connectivity index (χ3v) is 1.67. The zero-order valence-electron chi connectivity index (χ0n) is 5.70. The quantitative estimate of drug-likeness (QED) is 0.524. The highest BCUT2D eigenvalue weighted by Gasteiger charge is 2.07. The maximum atomic E-state index is 10.5. The van der Waals surface area contributed by atoms with Gasteiger partial charge in [-0.1, -0.05) is 5.16 Å². The minimum atomic E-state index is -0.0882. The summed E-state index contributed by atoms with van der Waals surface area (Å²) in [6, 6.07) is 0. The Morgan fingerprint density at radius 3 is 3.00 bits per heavy atom. The van der Waals surface area contributed by atoms with Crippen LogP contribution in [-0.2, 0) is 10.7 Å². The summed E-state index contributed by atoms with van der Waals surface area (Å²) in [5.74, 6) is 0.595. The lowest BCUT2D eigenvalue weighted by Gasteiger charge is -1.82. The van der Waals surface area contributed by atoms with Crippen molar-refractivity contribution in [2.45, 2.75) is 18.0 Å². The van der Waals surface area contributed by atoms with Gasteiger partial charge in [0.1, 0.15) is 0 Å². The molecule has 1 aromatic heterocycles. The highest BCUT2D eigenvalue weighted by Crippen LogP contribution is 2.15. The van der Waals surface area contributed by atoms with Crippen LogP contribution >= 0.6 is 23.4 Å². The summed E-state index contributed by atoms with van der Waals surface area (Å²) in [5.41, 5.74) is 0. The number of aromatic nitrogens is 2. The zero-order chi connectivity index (χ0) is 8.27. The molecule has 0 saturated heterocycles. The number of hydrogen-bond acceptors (Lipinski definition) is 5. The van der Waals surface area contributed by atoms with Gasteiger partial charge in [-0.05, 0) is 0 Å². The van der Waals surface area contributed by atoms with Crippen molar-refractivity contribution >= 4 is 28.5 Å². The van der Waals surface area contributed by atoms with E-state index in [1.165, 1.54) is 6.92 Å². The number of halogens is 1. The Morgan fingerprint density at radius 1 is 1.82 bits per heavy atom. The SMILES string of the molecule is CC(=O)Sc1nc(CCl)no1. The molecular formula is C5H5ClN2O2S. The fourth-order valence-corrected chi connectivity index (χ4v) is 1.04. The van der Waals surface area contributed by atoms with Crippen molar-refractivity contribution < 1.29 is 9.32 Å². The van der Waals surface area contributed by atoms with E-state index in [1.54, 1.807) is 0 Å². The smallest absolute Gasteiger partial charge is 0.293 e. The zero-order valence-corrected chi connectivity index (χ0v) is 7.28. The highest BCUT2D eigenvalue weighted by atomic mass is 35.5. The van der Waals surface area contributed by atoms with E-state index in [2.05, 4.69) is 14.7 Å². The molecule has 0 aliphatic carbocycles. The van der Waals surface area contributed by atoms with E-state index in [1.807, 2.05) is 0 Å². The van der Waals surface area contributed by atoms with Crippen molar-refractivity contribution in [2.75, 3.05) is 0 Å². The van der Waals surface area contributed by atoms with E-state index in [0.29, 0.717) is 5.82 Å². The summed E-state index contributed by atoms with van der Waals surface area (Å²) < 4.78 is 4.66. The van der Waals surface area contributed by atoms with E-state index < -0.39 is 0 Å². The number of rotatable bonds is 2. The number of thioether (sulfide) groups is 1. The van der Waals surface area contributed by atoms with E-state index >= 15 is 0 Å². The molecule has 0 fully saturated rings. The van der Waals surface area contributed by atoms with Gasteiger partial charge in [0.25, 0.3) is 5.22 Å². The van der Waals surface area contributed by atoms with Gasteiger partial charge in [-0.3, -0.25) is 4.79 Å². The van der Waals surface area contributed by atoms with Crippen molar-refractivity contribution in [1.29, 1.82) is 0 Å². The molecule has 6 heteroatoms. The first kappa shape index (κ1) is 8.55. The fourth-order valence-electron chi connectivity index (χ4n) is 0.457. The van der Waals surface area contributed by atoms with Gasteiger partial charge in [0, 0.05) is 18.7 Å². The van der Waals surface area contributed by atoms with Crippen LogP contribution in [-0.4, -0.2) is 15.3 Å². The molecule has 1 heterocycles. The fraction of sp³-hybridized carbons (Fsp3) is 0.400. The molecule has 1 aromatic rings. The predicted molar refractivity (Wildman–Crippen MR) is 40.4 cm³/mol. The maximum Gasteiger partial charge on any atom is 0.293 e. The number of carbonyl (C=O) groups excluding carboxylic acids is 1. The molecule has 0 unspecified atom stereocenters. The standard InChI is InChI=1S/C5H5ClN2O2S/c1-3(9)11-5-7-4(2-6)8-10-5/h2H2,1H3. The van der Waals surface area contributed by atoms with Gasteiger partial charge in [0.05, 0.1) is 5.88 Å². The summed E-state index contributed by atoms with van der Waals surface area (Å²) in [4.78, 5) is 14.3. The number of carbonyl (C=O) groups is 1. The van der Waals surface area contributed by atoms with Crippen LogP contribution in [0.4, 0.5) is 0 Å². The summed E-state index contributed by atoms with van der Waals surface area (Å²) in [7, 11) is 0. The summed E-state index contributed by atoms with van der Waals surface area (Å²) in [5, 5.41) is 3.65. The minimum absolute atomic E-state index is 0.0882. The lowest BCUT2D eigenvalue weighted by Crippen LogP contribution is -1.82. The van der Waals surface area contributed by atoms with Crippen molar-refractivity contribution in [3.05, 3.63) is 5.82 Å². The van der Waals surface area contributed by atoms with Crippen LogP contribution < -0.4 is 0 Å². The van der Waals surface area contributed by atoms with Crippen LogP contribution in [0.15, 0.2) is 9.75 Å². The van der Waals surface area contributed by atoms with E-state index in [4.69, 9.17) is 11.6 Å². The topological polar surface area (TPSA) is 56.0 Å². The van der Waals surface area contributed by atoms with Crippen molar-refractivity contribution in [1.82, 2.24) is 10.1 Å². The molecule has 1 rings (SSSR count). The molecule has 0 bridgehead atoms. The van der Waals surface area contributed by atoms with Crippen LogP contribution in [0.1, 0.15) is 12.7 Å². The van der Waals surface area contributed by atoms with Crippen LogP contribution in [0.25, 0.3) is 0 Å². The molecule has 0 atom stereocenters. The molecule has 0 aromatic carbocycles. The summed E-state index contributed by atoms with van der Waals surface area (Å²) in [6.45, 7) is 1.43. The number of hydrogen-bond donors (Lipinski definition) is 0. The highest BCUT2D eigenvalue weighted by molar-refractivity contribution is 8.13. The first-order chi connectivity index (χ1) is 5.22. The first-order valence-electron chi connectivity index (χ1n) is 2.79. The summed E-state index contributed by atoms with van der Waals surface area (Å²) >= 11 is 6.29. The normalized spacial score (nSPS) is 10.0. The Morgan fingerprint density at radius 2 is 2.55 bits per heavy atom. The van der Waals surface area contributed by atoms with E-state index in [9.17, 15) is 4.79 Å². The predicted octanol–water partition coefficient (Wildman–Crippen LogP) is 1.45. The average Bonchev–Trinajstić information content (AvgIpc) is 2.34. The number of alkyl halides is 1. The lowest BCUT2D eigenvalue weighted by molar-refractivity contribution is -0.109. The molecule has 60 valence electrons. The Balaban J connectivity index is 2.65. The van der Waals surface area contributed by atoms with Crippen molar-refractivity contribution in [3.63, 3.8) is 0 Å². The molecule has 0 aliphatic heterocycles. The number of nitrogens with zero attached hydrogens (tertiary/aromatic N) is 2. The molecule has 0 spiro atoms. The van der Waals surface area contributed by atoms with Crippen LogP contribution in [0.3, 0.4) is 0 Å². The van der Waals surface area contributed by atoms with E-state index in [-0.39, 0.29) is 16.2 Å². The van der Waals surface area contributed by atoms with E-state index in [0.717, 1.165) is 11.8 Å². The molecule has 0 N–H and O–H groups in total. The average molecular weight is 193 g/mol. The van der Waals surface area contributed by atoms with Gasteiger partial charge in [0.15, 0.2) is 10.9 Å². The molecule has 11 heavy (non-hydrogen) atoms. The first-order valence-corrected chi connectivity index (χ1v) is 4.14. The van der Waals surface area contributed by atoms with Crippen molar-refractivity contribution in [3.8, 4) is 0 Å². The van der Waals surface area contributed by atoms with Gasteiger partial charge in [-0.2, -0.15) is 4.98 Å². The summed E-state index contributed by atoms with van der Waals surface area (Å²) in [6.07, 6.45) is 0.